The van der Waals surface area contributed by atoms with E-state index >= 15 is 0 Å². The zero-order valence-corrected chi connectivity index (χ0v) is 14.2. The second-order valence-electron chi connectivity index (χ2n) is 5.73. The Balaban J connectivity index is 2.09. The quantitative estimate of drug-likeness (QED) is 0.637. The Morgan fingerprint density at radius 3 is 2.58 bits per heavy atom. The number of benzene rings is 1. The monoisotopic (exact) mass is 332 g/mol. The number of nitrogens with one attached hydrogen (secondary N) is 1. The van der Waals surface area contributed by atoms with Crippen molar-refractivity contribution >= 4 is 17.6 Å². The van der Waals surface area contributed by atoms with Gasteiger partial charge in [0, 0.05) is 12.2 Å². The molecule has 1 aliphatic rings. The number of piperidine rings is 1. The maximum Gasteiger partial charge on any atom is 0.354 e. The molecule has 1 heterocycles. The number of carbonyl (C=O) groups excluding carboxylic acids is 2. The topological polar surface area (TPSA) is 67.9 Å². The van der Waals surface area contributed by atoms with Gasteiger partial charge in [0.2, 0.25) is 0 Å². The van der Waals surface area contributed by atoms with Crippen LogP contribution in [0.1, 0.15) is 24.8 Å². The van der Waals surface area contributed by atoms with Crippen LogP contribution in [-0.2, 0) is 25.6 Å². The lowest BCUT2D eigenvalue weighted by Crippen LogP contribution is -2.29. The molecule has 0 bridgehead atoms. The number of nitrogens with zero attached hydrogens (tertiary/aromatic N) is 1. The van der Waals surface area contributed by atoms with Crippen molar-refractivity contribution in [3.05, 3.63) is 41.6 Å². The van der Waals surface area contributed by atoms with Gasteiger partial charge in [-0.2, -0.15) is 0 Å². The summed E-state index contributed by atoms with van der Waals surface area (Å²) in [6.45, 7) is 3.12. The van der Waals surface area contributed by atoms with Crippen molar-refractivity contribution in [3.8, 4) is 0 Å². The number of carbonyl (C=O) groups is 2. The summed E-state index contributed by atoms with van der Waals surface area (Å²) in [5, 5.41) is 2.94. The van der Waals surface area contributed by atoms with Crippen LogP contribution in [-0.4, -0.2) is 44.1 Å². The molecular formula is C18H24N2O4. The first kappa shape index (κ1) is 18.0. The molecule has 1 N–H and O–H groups in total. The molecule has 0 amide bonds. The summed E-state index contributed by atoms with van der Waals surface area (Å²) in [4.78, 5) is 25.6. The van der Waals surface area contributed by atoms with E-state index in [4.69, 9.17) is 4.74 Å². The van der Waals surface area contributed by atoms with Crippen molar-refractivity contribution in [1.82, 2.24) is 4.90 Å². The number of methoxy groups -OCH3 is 2. The van der Waals surface area contributed by atoms with E-state index in [0.717, 1.165) is 37.0 Å². The third kappa shape index (κ3) is 5.38. The Kier molecular flexibility index (Phi) is 6.81. The Labute approximate surface area is 142 Å². The summed E-state index contributed by atoms with van der Waals surface area (Å²) in [5.74, 6) is -1.24. The minimum Gasteiger partial charge on any atom is -0.466 e. The molecule has 1 aromatic rings. The molecule has 1 aromatic carbocycles. The Morgan fingerprint density at radius 2 is 1.92 bits per heavy atom. The molecule has 0 radical (unpaired) electrons. The lowest BCUT2D eigenvalue weighted by Gasteiger charge is -2.26. The van der Waals surface area contributed by atoms with E-state index in [1.54, 1.807) is 0 Å². The highest BCUT2D eigenvalue weighted by Gasteiger charge is 2.14. The summed E-state index contributed by atoms with van der Waals surface area (Å²) >= 11 is 0. The van der Waals surface area contributed by atoms with Crippen molar-refractivity contribution < 1.29 is 19.1 Å². The number of anilines is 1. The molecule has 0 saturated carbocycles. The summed E-state index contributed by atoms with van der Waals surface area (Å²) in [6.07, 6.45) is 4.88. The van der Waals surface area contributed by atoms with Gasteiger partial charge in [0.25, 0.3) is 0 Å². The van der Waals surface area contributed by atoms with Crippen LogP contribution in [0.3, 0.4) is 0 Å². The van der Waals surface area contributed by atoms with Crippen molar-refractivity contribution in [1.29, 1.82) is 0 Å². The molecule has 1 fully saturated rings. The summed E-state index contributed by atoms with van der Waals surface area (Å²) in [6, 6.07) is 7.80. The Bertz CT molecular complexity index is 607. The number of ether oxygens (including phenoxy) is 2. The average molecular weight is 332 g/mol. The zero-order chi connectivity index (χ0) is 17.4. The van der Waals surface area contributed by atoms with E-state index in [2.05, 4.69) is 21.0 Å². The van der Waals surface area contributed by atoms with E-state index < -0.39 is 11.9 Å². The van der Waals surface area contributed by atoms with Gasteiger partial charge in [0.1, 0.15) is 5.70 Å². The highest BCUT2D eigenvalue weighted by Crippen LogP contribution is 2.17. The van der Waals surface area contributed by atoms with Crippen molar-refractivity contribution in [2.75, 3.05) is 32.6 Å². The maximum atomic E-state index is 11.8. The van der Waals surface area contributed by atoms with Crippen LogP contribution in [0.2, 0.25) is 0 Å². The van der Waals surface area contributed by atoms with Gasteiger partial charge in [-0.15, -0.1) is 0 Å². The predicted octanol–water partition coefficient (Wildman–Crippen LogP) is 2.31. The Hall–Kier alpha value is -2.34. The van der Waals surface area contributed by atoms with E-state index in [0.29, 0.717) is 0 Å². The number of esters is 2. The third-order valence-electron chi connectivity index (χ3n) is 3.93. The number of hydrogen-bond acceptors (Lipinski definition) is 6. The van der Waals surface area contributed by atoms with E-state index in [9.17, 15) is 9.59 Å². The molecule has 0 aliphatic carbocycles. The van der Waals surface area contributed by atoms with E-state index in [1.807, 2.05) is 18.2 Å². The highest BCUT2D eigenvalue weighted by molar-refractivity contribution is 5.98. The van der Waals surface area contributed by atoms with Crippen LogP contribution in [0.5, 0.6) is 0 Å². The fraction of sp³-hybridized carbons (Fsp3) is 0.444. The van der Waals surface area contributed by atoms with Crippen LogP contribution in [0.4, 0.5) is 5.69 Å². The van der Waals surface area contributed by atoms with Crippen LogP contribution in [0, 0.1) is 0 Å². The molecule has 0 atom stereocenters. The molecule has 6 nitrogen and oxygen atoms in total. The fourth-order valence-electron chi connectivity index (χ4n) is 2.71. The van der Waals surface area contributed by atoms with Gasteiger partial charge in [-0.3, -0.25) is 4.90 Å². The van der Waals surface area contributed by atoms with Crippen LogP contribution >= 0.6 is 0 Å². The molecule has 0 unspecified atom stereocenters. The van der Waals surface area contributed by atoms with E-state index in [1.165, 1.54) is 33.5 Å². The minimum atomic E-state index is -0.623. The van der Waals surface area contributed by atoms with Gasteiger partial charge in [0.15, 0.2) is 0 Å². The molecule has 24 heavy (non-hydrogen) atoms. The number of rotatable bonds is 6. The van der Waals surface area contributed by atoms with Crippen LogP contribution in [0.15, 0.2) is 36.0 Å². The summed E-state index contributed by atoms with van der Waals surface area (Å²) < 4.78 is 9.26. The molecule has 130 valence electrons. The first-order valence-electron chi connectivity index (χ1n) is 8.08. The lowest BCUT2D eigenvalue weighted by atomic mass is 10.1. The normalized spacial score (nSPS) is 15.7. The van der Waals surface area contributed by atoms with Crippen LogP contribution in [0.25, 0.3) is 0 Å². The van der Waals surface area contributed by atoms with Gasteiger partial charge in [-0.05, 0) is 43.6 Å². The first-order valence-corrected chi connectivity index (χ1v) is 8.08. The van der Waals surface area contributed by atoms with Gasteiger partial charge in [0.05, 0.1) is 20.3 Å². The van der Waals surface area contributed by atoms with Crippen LogP contribution < -0.4 is 5.32 Å². The molecule has 2 rings (SSSR count). The molecule has 1 aliphatic heterocycles. The third-order valence-corrected chi connectivity index (χ3v) is 3.93. The minimum absolute atomic E-state index is 0.0412. The number of hydrogen-bond donors (Lipinski definition) is 1. The zero-order valence-electron chi connectivity index (χ0n) is 14.2. The van der Waals surface area contributed by atoms with E-state index in [-0.39, 0.29) is 5.70 Å². The summed E-state index contributed by atoms with van der Waals surface area (Å²) in [7, 11) is 2.52. The molecule has 1 saturated heterocycles. The lowest BCUT2D eigenvalue weighted by molar-refractivity contribution is -0.138. The largest absolute Gasteiger partial charge is 0.466 e. The molecular weight excluding hydrogens is 308 g/mol. The van der Waals surface area contributed by atoms with Gasteiger partial charge in [-0.25, -0.2) is 9.59 Å². The Morgan fingerprint density at radius 1 is 1.17 bits per heavy atom. The fourth-order valence-corrected chi connectivity index (χ4v) is 2.71. The molecule has 6 heteroatoms. The van der Waals surface area contributed by atoms with Crippen molar-refractivity contribution in [3.63, 3.8) is 0 Å². The van der Waals surface area contributed by atoms with Gasteiger partial charge in [-0.1, -0.05) is 18.6 Å². The van der Waals surface area contributed by atoms with Gasteiger partial charge >= 0.3 is 11.9 Å². The first-order chi connectivity index (χ1) is 11.6. The average Bonchev–Trinajstić information content (AvgIpc) is 2.61. The standard InChI is InChI=1S/C18H24N2O4/c1-23-17(21)12-16(18(22)24-2)19-15-8-6-7-14(11-15)13-20-9-4-3-5-10-20/h6-8,11-12,19H,3-5,9-10,13H2,1-2H3/b16-12+. The SMILES string of the molecule is COC(=O)/C=C(/Nc1cccc(CN2CCCCC2)c1)C(=O)OC. The summed E-state index contributed by atoms with van der Waals surface area (Å²) in [5.41, 5.74) is 1.92. The highest BCUT2D eigenvalue weighted by atomic mass is 16.5. The smallest absolute Gasteiger partial charge is 0.354 e. The van der Waals surface area contributed by atoms with Crippen molar-refractivity contribution in [2.45, 2.75) is 25.8 Å². The van der Waals surface area contributed by atoms with Crippen molar-refractivity contribution in [2.24, 2.45) is 0 Å². The predicted molar refractivity (Wildman–Crippen MR) is 91.3 cm³/mol. The second kappa shape index (κ2) is 9.08. The molecule has 0 aromatic heterocycles. The number of likely N-dealkylation sites (tertiary alicyclic amines) is 1. The maximum absolute atomic E-state index is 11.8. The second-order valence-corrected chi connectivity index (χ2v) is 5.73. The molecule has 0 spiro atoms. The van der Waals surface area contributed by atoms with Gasteiger partial charge < -0.3 is 14.8 Å².